The molecule has 1 N–H and O–H groups in total. The number of amides is 1. The van der Waals surface area contributed by atoms with Gasteiger partial charge in [0, 0.05) is 5.75 Å². The van der Waals surface area contributed by atoms with Crippen molar-refractivity contribution in [1.29, 1.82) is 0 Å². The molecular weight excluding hydrogens is 391 g/mol. The van der Waals surface area contributed by atoms with Crippen molar-refractivity contribution < 1.29 is 18.0 Å². The van der Waals surface area contributed by atoms with Crippen molar-refractivity contribution in [3.05, 3.63) is 57.8 Å². The fraction of sp³-hybridized carbons (Fsp3) is 0.133. The maximum atomic E-state index is 12.7. The second-order valence-electron chi connectivity index (χ2n) is 4.79. The number of hydrogen-bond acceptors (Lipinski definition) is 6. The Bertz CT molecular complexity index is 862. The number of benzene rings is 1. The molecule has 130 valence electrons. The lowest BCUT2D eigenvalue weighted by Gasteiger charge is -2.07. The van der Waals surface area contributed by atoms with E-state index in [2.05, 4.69) is 15.5 Å². The summed E-state index contributed by atoms with van der Waals surface area (Å²) < 4.78 is 38.7. The minimum Gasteiger partial charge on any atom is -0.296 e. The van der Waals surface area contributed by atoms with Gasteiger partial charge in [-0.15, -0.1) is 21.5 Å². The molecule has 2 aromatic heterocycles. The molecule has 0 radical (unpaired) electrons. The van der Waals surface area contributed by atoms with Gasteiger partial charge in [-0.05, 0) is 23.1 Å². The summed E-state index contributed by atoms with van der Waals surface area (Å²) in [6.07, 6.45) is -4.36. The Morgan fingerprint density at radius 3 is 2.76 bits per heavy atom. The highest BCUT2D eigenvalue weighted by Crippen LogP contribution is 2.32. The van der Waals surface area contributed by atoms with Gasteiger partial charge in [-0.3, -0.25) is 10.1 Å². The van der Waals surface area contributed by atoms with Gasteiger partial charge in [-0.2, -0.15) is 13.2 Å². The predicted molar refractivity (Wildman–Crippen MR) is 93.2 cm³/mol. The minimum atomic E-state index is -4.36. The molecular formula is C15H10F3N3OS3. The molecule has 3 aromatic rings. The number of carbonyl (C=O) groups excluding carboxylic acids is 1. The van der Waals surface area contributed by atoms with Crippen molar-refractivity contribution >= 4 is 45.5 Å². The molecule has 0 saturated carbocycles. The van der Waals surface area contributed by atoms with Crippen LogP contribution in [0.15, 0.2) is 46.1 Å². The van der Waals surface area contributed by atoms with E-state index < -0.39 is 11.7 Å². The first-order valence-electron chi connectivity index (χ1n) is 6.89. The molecule has 0 unspecified atom stereocenters. The van der Waals surface area contributed by atoms with E-state index in [0.29, 0.717) is 25.7 Å². The highest BCUT2D eigenvalue weighted by molar-refractivity contribution is 8.00. The standard InChI is InChI=1S/C15H10F3N3OS3/c16-15(17,18)10-4-1-3-9(7-10)8-24-14-21-20-13(25-14)19-12(22)11-5-2-6-23-11/h1-7H,8H2,(H,19,20,22). The van der Waals surface area contributed by atoms with Crippen LogP contribution < -0.4 is 5.32 Å². The molecule has 0 saturated heterocycles. The monoisotopic (exact) mass is 401 g/mol. The Labute approximate surface area is 153 Å². The van der Waals surface area contributed by atoms with Crippen molar-refractivity contribution in [2.24, 2.45) is 0 Å². The molecule has 1 aromatic carbocycles. The number of anilines is 1. The first-order chi connectivity index (χ1) is 11.9. The fourth-order valence-corrected chi connectivity index (χ4v) is 4.18. The zero-order chi connectivity index (χ0) is 17.9. The molecule has 2 heterocycles. The summed E-state index contributed by atoms with van der Waals surface area (Å²) >= 11 is 3.76. The molecule has 1 amide bonds. The van der Waals surface area contributed by atoms with Gasteiger partial charge in [0.1, 0.15) is 0 Å². The summed E-state index contributed by atoms with van der Waals surface area (Å²) in [5, 5.41) is 12.6. The smallest absolute Gasteiger partial charge is 0.296 e. The summed E-state index contributed by atoms with van der Waals surface area (Å²) in [5.41, 5.74) is -0.133. The van der Waals surface area contributed by atoms with Crippen LogP contribution in [-0.2, 0) is 11.9 Å². The van der Waals surface area contributed by atoms with Crippen molar-refractivity contribution in [3.8, 4) is 0 Å². The van der Waals surface area contributed by atoms with Crippen LogP contribution in [-0.4, -0.2) is 16.1 Å². The number of nitrogens with one attached hydrogen (secondary N) is 1. The zero-order valence-electron chi connectivity index (χ0n) is 12.4. The lowest BCUT2D eigenvalue weighted by molar-refractivity contribution is -0.137. The minimum absolute atomic E-state index is 0.263. The number of alkyl halides is 3. The van der Waals surface area contributed by atoms with Gasteiger partial charge in [0.15, 0.2) is 4.34 Å². The third kappa shape index (κ3) is 4.80. The first-order valence-corrected chi connectivity index (χ1v) is 9.57. The quantitative estimate of drug-likeness (QED) is 0.474. The number of carbonyl (C=O) groups is 1. The van der Waals surface area contributed by atoms with Crippen LogP contribution >= 0.6 is 34.4 Å². The van der Waals surface area contributed by atoms with Crippen LogP contribution in [0.5, 0.6) is 0 Å². The van der Waals surface area contributed by atoms with E-state index in [9.17, 15) is 18.0 Å². The van der Waals surface area contributed by atoms with E-state index in [1.54, 1.807) is 23.6 Å². The van der Waals surface area contributed by atoms with Gasteiger partial charge in [0.2, 0.25) is 5.13 Å². The Balaban J connectivity index is 1.60. The van der Waals surface area contributed by atoms with E-state index in [1.165, 1.54) is 40.5 Å². The van der Waals surface area contributed by atoms with Gasteiger partial charge in [0.25, 0.3) is 5.91 Å². The van der Waals surface area contributed by atoms with E-state index in [-0.39, 0.29) is 5.91 Å². The average molecular weight is 401 g/mol. The van der Waals surface area contributed by atoms with Crippen molar-refractivity contribution in [3.63, 3.8) is 0 Å². The molecule has 0 aliphatic carbocycles. The Kier molecular flexibility index (Phi) is 5.40. The van der Waals surface area contributed by atoms with E-state index >= 15 is 0 Å². The Hall–Kier alpha value is -1.91. The number of rotatable bonds is 5. The fourth-order valence-electron chi connectivity index (χ4n) is 1.87. The van der Waals surface area contributed by atoms with Crippen LogP contribution in [0.25, 0.3) is 0 Å². The molecule has 0 fully saturated rings. The molecule has 10 heteroatoms. The lowest BCUT2D eigenvalue weighted by Crippen LogP contribution is -2.09. The van der Waals surface area contributed by atoms with Crippen LogP contribution in [0.4, 0.5) is 18.3 Å². The molecule has 0 atom stereocenters. The van der Waals surface area contributed by atoms with Gasteiger partial charge in [-0.25, -0.2) is 0 Å². The Morgan fingerprint density at radius 1 is 1.20 bits per heavy atom. The number of thiophene rings is 1. The van der Waals surface area contributed by atoms with Crippen molar-refractivity contribution in [1.82, 2.24) is 10.2 Å². The molecule has 0 aliphatic rings. The molecule has 4 nitrogen and oxygen atoms in total. The highest BCUT2D eigenvalue weighted by atomic mass is 32.2. The zero-order valence-corrected chi connectivity index (χ0v) is 14.9. The van der Waals surface area contributed by atoms with Gasteiger partial charge in [-0.1, -0.05) is 47.4 Å². The van der Waals surface area contributed by atoms with E-state index in [1.807, 2.05) is 0 Å². The van der Waals surface area contributed by atoms with E-state index in [4.69, 9.17) is 0 Å². The topological polar surface area (TPSA) is 54.9 Å². The molecule has 3 rings (SSSR count). The predicted octanol–water partition coefficient (Wildman–Crippen LogP) is 5.16. The third-order valence-electron chi connectivity index (χ3n) is 2.99. The van der Waals surface area contributed by atoms with Crippen LogP contribution in [0.2, 0.25) is 0 Å². The molecule has 0 bridgehead atoms. The third-order valence-corrected chi connectivity index (χ3v) is 5.90. The van der Waals surface area contributed by atoms with Crippen molar-refractivity contribution in [2.75, 3.05) is 5.32 Å². The van der Waals surface area contributed by atoms with E-state index in [0.717, 1.165) is 12.1 Å². The number of aromatic nitrogens is 2. The van der Waals surface area contributed by atoms with Crippen LogP contribution in [0.1, 0.15) is 20.8 Å². The van der Waals surface area contributed by atoms with Crippen molar-refractivity contribution in [2.45, 2.75) is 16.3 Å². The average Bonchev–Trinajstić information content (AvgIpc) is 3.24. The Morgan fingerprint density at radius 2 is 2.04 bits per heavy atom. The number of halogens is 3. The van der Waals surface area contributed by atoms with Gasteiger partial charge < -0.3 is 0 Å². The maximum Gasteiger partial charge on any atom is 0.416 e. The van der Waals surface area contributed by atoms with Gasteiger partial charge in [0.05, 0.1) is 10.4 Å². The van der Waals surface area contributed by atoms with Gasteiger partial charge >= 0.3 is 6.18 Å². The highest BCUT2D eigenvalue weighted by Gasteiger charge is 2.30. The first kappa shape index (κ1) is 17.9. The molecule has 25 heavy (non-hydrogen) atoms. The van der Waals surface area contributed by atoms with Crippen LogP contribution in [0, 0.1) is 0 Å². The second-order valence-corrected chi connectivity index (χ2v) is 7.94. The van der Waals surface area contributed by atoms with Crippen LogP contribution in [0.3, 0.4) is 0 Å². The largest absolute Gasteiger partial charge is 0.416 e. The summed E-state index contributed by atoms with van der Waals surface area (Å²) in [7, 11) is 0. The number of nitrogens with zero attached hydrogens (tertiary/aromatic N) is 2. The summed E-state index contributed by atoms with van der Waals surface area (Å²) in [4.78, 5) is 12.5. The number of hydrogen-bond donors (Lipinski definition) is 1. The molecule has 0 aliphatic heterocycles. The number of thioether (sulfide) groups is 1. The summed E-state index contributed by atoms with van der Waals surface area (Å²) in [6.45, 7) is 0. The second kappa shape index (κ2) is 7.54. The molecule has 0 spiro atoms. The maximum absolute atomic E-state index is 12.7. The lowest BCUT2D eigenvalue weighted by atomic mass is 10.1. The summed E-state index contributed by atoms with van der Waals surface area (Å²) in [6, 6.07) is 8.64. The normalized spacial score (nSPS) is 11.5. The summed E-state index contributed by atoms with van der Waals surface area (Å²) in [5.74, 6) is 0.0674. The SMILES string of the molecule is O=C(Nc1nnc(SCc2cccc(C(F)(F)F)c2)s1)c1cccs1.